The van der Waals surface area contributed by atoms with Gasteiger partial charge in [-0.15, -0.1) is 13.2 Å². The SMILES string of the molecule is Cc1oc(-c2ccccc2OC(F)(F)F)nc1CCOc1cccc(CC(=O)O)c1. The number of aryl methyl sites for hydroxylation is 1. The smallest absolute Gasteiger partial charge is 0.493 e. The number of carbonyl (C=O) groups is 1. The van der Waals surface area contributed by atoms with Crippen molar-refractivity contribution in [3.05, 3.63) is 65.5 Å². The largest absolute Gasteiger partial charge is 0.573 e. The van der Waals surface area contributed by atoms with Crippen molar-refractivity contribution in [3.63, 3.8) is 0 Å². The van der Waals surface area contributed by atoms with E-state index in [2.05, 4.69) is 9.72 Å². The number of aliphatic carboxylic acids is 1. The van der Waals surface area contributed by atoms with Crippen molar-refractivity contribution < 1.29 is 37.0 Å². The number of carboxylic acid groups (broad SMARTS) is 1. The molecule has 0 saturated heterocycles. The van der Waals surface area contributed by atoms with Crippen LogP contribution in [-0.2, 0) is 17.6 Å². The first-order chi connectivity index (χ1) is 14.2. The van der Waals surface area contributed by atoms with Gasteiger partial charge in [0.15, 0.2) is 0 Å². The Balaban J connectivity index is 1.69. The van der Waals surface area contributed by atoms with Crippen molar-refractivity contribution in [1.82, 2.24) is 4.98 Å². The molecule has 0 radical (unpaired) electrons. The van der Waals surface area contributed by atoms with Crippen LogP contribution >= 0.6 is 0 Å². The maximum Gasteiger partial charge on any atom is 0.573 e. The molecule has 9 heteroatoms. The summed E-state index contributed by atoms with van der Waals surface area (Å²) in [6.07, 6.45) is -4.59. The van der Waals surface area contributed by atoms with Gasteiger partial charge in [-0.2, -0.15) is 0 Å². The van der Waals surface area contributed by atoms with Gasteiger partial charge in [-0.1, -0.05) is 24.3 Å². The van der Waals surface area contributed by atoms with E-state index in [0.717, 1.165) is 0 Å². The fraction of sp³-hybridized carbons (Fsp3) is 0.238. The standard InChI is InChI=1S/C21H18F3NO5/c1-13-17(9-10-28-15-6-4-5-14(11-15)12-19(26)27)25-20(29-13)16-7-2-3-8-18(16)30-21(22,23)24/h2-8,11H,9-10,12H2,1H3,(H,26,27). The van der Waals surface area contributed by atoms with Crippen LogP contribution in [0.4, 0.5) is 13.2 Å². The van der Waals surface area contributed by atoms with Gasteiger partial charge in [-0.25, -0.2) is 4.98 Å². The molecule has 0 unspecified atom stereocenters. The number of hydrogen-bond donors (Lipinski definition) is 1. The van der Waals surface area contributed by atoms with E-state index in [4.69, 9.17) is 14.3 Å². The Labute approximate surface area is 169 Å². The number of oxazole rings is 1. The van der Waals surface area contributed by atoms with E-state index >= 15 is 0 Å². The summed E-state index contributed by atoms with van der Waals surface area (Å²) in [5.74, 6) is -0.350. The van der Waals surface area contributed by atoms with Crippen LogP contribution in [-0.4, -0.2) is 29.0 Å². The second-order valence-electron chi connectivity index (χ2n) is 6.38. The number of rotatable bonds is 8. The molecular formula is C21H18F3NO5. The number of ether oxygens (including phenoxy) is 2. The Morgan fingerprint density at radius 1 is 1.17 bits per heavy atom. The number of benzene rings is 2. The summed E-state index contributed by atoms with van der Waals surface area (Å²) >= 11 is 0. The number of nitrogens with zero attached hydrogens (tertiary/aromatic N) is 1. The van der Waals surface area contributed by atoms with Crippen molar-refractivity contribution in [2.75, 3.05) is 6.61 Å². The van der Waals surface area contributed by atoms with Gasteiger partial charge in [0.05, 0.1) is 24.3 Å². The highest BCUT2D eigenvalue weighted by atomic mass is 19.4. The predicted octanol–water partition coefficient (Wildman–Crippen LogP) is 4.80. The van der Waals surface area contributed by atoms with Gasteiger partial charge in [-0.05, 0) is 36.8 Å². The van der Waals surface area contributed by atoms with Crippen LogP contribution < -0.4 is 9.47 Å². The van der Waals surface area contributed by atoms with E-state index in [1.54, 1.807) is 37.3 Å². The van der Waals surface area contributed by atoms with Crippen molar-refractivity contribution in [1.29, 1.82) is 0 Å². The lowest BCUT2D eigenvalue weighted by Gasteiger charge is -2.11. The molecule has 0 fully saturated rings. The molecule has 3 aromatic rings. The molecule has 0 aliphatic heterocycles. The zero-order chi connectivity index (χ0) is 21.7. The lowest BCUT2D eigenvalue weighted by atomic mass is 10.1. The average molecular weight is 421 g/mol. The van der Waals surface area contributed by atoms with E-state index in [1.165, 1.54) is 18.2 Å². The molecule has 0 saturated carbocycles. The maximum atomic E-state index is 12.6. The van der Waals surface area contributed by atoms with Gasteiger partial charge < -0.3 is 19.0 Å². The van der Waals surface area contributed by atoms with Gasteiger partial charge in [0.1, 0.15) is 17.3 Å². The molecule has 0 spiro atoms. The van der Waals surface area contributed by atoms with Crippen molar-refractivity contribution in [2.45, 2.75) is 26.1 Å². The summed E-state index contributed by atoms with van der Waals surface area (Å²) in [5.41, 5.74) is 1.24. The summed E-state index contributed by atoms with van der Waals surface area (Å²) < 4.78 is 53.1. The highest BCUT2D eigenvalue weighted by Crippen LogP contribution is 2.34. The van der Waals surface area contributed by atoms with Crippen molar-refractivity contribution in [3.8, 4) is 23.0 Å². The minimum Gasteiger partial charge on any atom is -0.493 e. The van der Waals surface area contributed by atoms with Crippen LogP contribution in [0.1, 0.15) is 17.0 Å². The molecule has 0 bridgehead atoms. The van der Waals surface area contributed by atoms with E-state index in [1.807, 2.05) is 0 Å². The fourth-order valence-electron chi connectivity index (χ4n) is 2.82. The fourth-order valence-corrected chi connectivity index (χ4v) is 2.82. The molecule has 0 aliphatic carbocycles. The first-order valence-electron chi connectivity index (χ1n) is 8.96. The van der Waals surface area contributed by atoms with E-state index in [-0.39, 0.29) is 24.5 Å². The van der Waals surface area contributed by atoms with Gasteiger partial charge in [0, 0.05) is 6.42 Å². The number of carboxylic acids is 1. The molecule has 3 rings (SSSR count). The minimum atomic E-state index is -4.83. The number of para-hydroxylation sites is 1. The third kappa shape index (κ3) is 5.76. The lowest BCUT2D eigenvalue weighted by Crippen LogP contribution is -2.17. The molecule has 158 valence electrons. The van der Waals surface area contributed by atoms with Crippen LogP contribution in [0, 0.1) is 6.92 Å². The van der Waals surface area contributed by atoms with Gasteiger partial charge in [-0.3, -0.25) is 4.79 Å². The van der Waals surface area contributed by atoms with Gasteiger partial charge in [0.2, 0.25) is 5.89 Å². The lowest BCUT2D eigenvalue weighted by molar-refractivity contribution is -0.274. The number of hydrogen-bond acceptors (Lipinski definition) is 5. The first-order valence-corrected chi connectivity index (χ1v) is 8.96. The summed E-state index contributed by atoms with van der Waals surface area (Å²) in [6.45, 7) is 1.89. The molecule has 1 aromatic heterocycles. The topological polar surface area (TPSA) is 81.8 Å². The minimum absolute atomic E-state index is 0.0193. The highest BCUT2D eigenvalue weighted by molar-refractivity contribution is 5.70. The normalized spacial score (nSPS) is 11.3. The summed E-state index contributed by atoms with van der Waals surface area (Å²) in [7, 11) is 0. The second-order valence-corrected chi connectivity index (χ2v) is 6.38. The molecule has 6 nitrogen and oxygen atoms in total. The Hall–Kier alpha value is -3.49. The van der Waals surface area contributed by atoms with Crippen LogP contribution in [0.5, 0.6) is 11.5 Å². The van der Waals surface area contributed by atoms with E-state index in [9.17, 15) is 18.0 Å². The van der Waals surface area contributed by atoms with Crippen LogP contribution in [0.2, 0.25) is 0 Å². The number of aromatic nitrogens is 1. The van der Waals surface area contributed by atoms with Crippen LogP contribution in [0.15, 0.2) is 52.9 Å². The third-order valence-electron chi connectivity index (χ3n) is 4.10. The number of halogens is 3. The molecule has 0 amide bonds. The third-order valence-corrected chi connectivity index (χ3v) is 4.10. The first kappa shape index (κ1) is 21.2. The zero-order valence-electron chi connectivity index (χ0n) is 15.9. The van der Waals surface area contributed by atoms with E-state index < -0.39 is 18.1 Å². The van der Waals surface area contributed by atoms with Gasteiger partial charge in [0.25, 0.3) is 0 Å². The van der Waals surface area contributed by atoms with Crippen LogP contribution in [0.25, 0.3) is 11.5 Å². The summed E-state index contributed by atoms with van der Waals surface area (Å²) in [6, 6.07) is 12.3. The predicted molar refractivity (Wildman–Crippen MR) is 100 cm³/mol. The Bertz CT molecular complexity index is 1030. The van der Waals surface area contributed by atoms with Crippen LogP contribution in [0.3, 0.4) is 0 Å². The Morgan fingerprint density at radius 3 is 2.67 bits per heavy atom. The van der Waals surface area contributed by atoms with Gasteiger partial charge >= 0.3 is 12.3 Å². The molecule has 1 heterocycles. The molecule has 30 heavy (non-hydrogen) atoms. The summed E-state index contributed by atoms with van der Waals surface area (Å²) in [4.78, 5) is 15.1. The molecule has 0 atom stereocenters. The Morgan fingerprint density at radius 2 is 1.93 bits per heavy atom. The molecule has 2 aromatic carbocycles. The van der Waals surface area contributed by atoms with E-state index in [0.29, 0.717) is 29.2 Å². The highest BCUT2D eigenvalue weighted by Gasteiger charge is 2.32. The molecule has 1 N–H and O–H groups in total. The number of alkyl halides is 3. The maximum absolute atomic E-state index is 12.6. The van der Waals surface area contributed by atoms with Crippen molar-refractivity contribution in [2.24, 2.45) is 0 Å². The second kappa shape index (κ2) is 8.89. The zero-order valence-corrected chi connectivity index (χ0v) is 15.9. The van der Waals surface area contributed by atoms with Crippen molar-refractivity contribution >= 4 is 5.97 Å². The molecule has 0 aliphatic rings. The molecular weight excluding hydrogens is 403 g/mol. The average Bonchev–Trinajstić information content (AvgIpc) is 3.01. The summed E-state index contributed by atoms with van der Waals surface area (Å²) in [5, 5.41) is 8.86. The monoisotopic (exact) mass is 421 g/mol. The quantitative estimate of drug-likeness (QED) is 0.563. The Kier molecular flexibility index (Phi) is 6.29.